The van der Waals surface area contributed by atoms with E-state index in [2.05, 4.69) is 43.1 Å². The van der Waals surface area contributed by atoms with Gasteiger partial charge in [0.15, 0.2) is 11.6 Å². The Balaban J connectivity index is 1.72. The van der Waals surface area contributed by atoms with Gasteiger partial charge in [-0.15, -0.1) is 5.10 Å². The standard InChI is InChI=1S/C16H21N7O/c1-10-11(2)19-20-15(14(10)9-17)23-7-5-22(6-8-23)12(3)16-18-13(4)21-24-16/h12H,5-8H2,1-4H3. The monoisotopic (exact) mass is 327 g/mol. The Labute approximate surface area is 141 Å². The molecule has 0 aliphatic carbocycles. The number of rotatable bonds is 3. The number of nitriles is 1. The van der Waals surface area contributed by atoms with Crippen LogP contribution in [0.4, 0.5) is 5.82 Å². The summed E-state index contributed by atoms with van der Waals surface area (Å²) >= 11 is 0. The molecule has 2 aromatic rings. The lowest BCUT2D eigenvalue weighted by atomic mass is 10.1. The van der Waals surface area contributed by atoms with Crippen molar-refractivity contribution >= 4 is 5.82 Å². The molecule has 0 N–H and O–H groups in total. The summed E-state index contributed by atoms with van der Waals surface area (Å²) in [4.78, 5) is 8.73. The fourth-order valence-corrected chi connectivity index (χ4v) is 2.91. The normalized spacial score (nSPS) is 16.9. The Kier molecular flexibility index (Phi) is 4.44. The van der Waals surface area contributed by atoms with Crippen LogP contribution in [0.1, 0.15) is 41.5 Å². The molecule has 8 heteroatoms. The summed E-state index contributed by atoms with van der Waals surface area (Å²) < 4.78 is 5.27. The summed E-state index contributed by atoms with van der Waals surface area (Å²) in [6.07, 6.45) is 0. The second kappa shape index (κ2) is 6.53. The first-order valence-electron chi connectivity index (χ1n) is 8.04. The zero-order valence-corrected chi connectivity index (χ0v) is 14.4. The number of aryl methyl sites for hydroxylation is 2. The summed E-state index contributed by atoms with van der Waals surface area (Å²) in [6, 6.07) is 2.35. The Morgan fingerprint density at radius 1 is 1.12 bits per heavy atom. The molecule has 1 unspecified atom stereocenters. The van der Waals surface area contributed by atoms with Crippen molar-refractivity contribution in [2.45, 2.75) is 33.7 Å². The molecule has 1 atom stereocenters. The smallest absolute Gasteiger partial charge is 0.243 e. The maximum Gasteiger partial charge on any atom is 0.243 e. The minimum Gasteiger partial charge on any atom is -0.351 e. The van der Waals surface area contributed by atoms with Gasteiger partial charge >= 0.3 is 0 Å². The third kappa shape index (κ3) is 2.95. The van der Waals surface area contributed by atoms with Crippen molar-refractivity contribution in [3.05, 3.63) is 28.5 Å². The molecule has 2 aromatic heterocycles. The van der Waals surface area contributed by atoms with Gasteiger partial charge < -0.3 is 9.42 Å². The summed E-state index contributed by atoms with van der Waals surface area (Å²) in [5.74, 6) is 1.98. The Morgan fingerprint density at radius 3 is 2.42 bits per heavy atom. The number of hydrogen-bond acceptors (Lipinski definition) is 8. The van der Waals surface area contributed by atoms with Crippen molar-refractivity contribution in [2.24, 2.45) is 0 Å². The summed E-state index contributed by atoms with van der Waals surface area (Å²) in [5, 5.41) is 21.8. The van der Waals surface area contributed by atoms with Crippen molar-refractivity contribution in [1.29, 1.82) is 5.26 Å². The van der Waals surface area contributed by atoms with Crippen LogP contribution in [0, 0.1) is 32.1 Å². The zero-order chi connectivity index (χ0) is 17.3. The summed E-state index contributed by atoms with van der Waals surface area (Å²) in [7, 11) is 0. The van der Waals surface area contributed by atoms with Crippen LogP contribution in [0.15, 0.2) is 4.52 Å². The van der Waals surface area contributed by atoms with Gasteiger partial charge in [0, 0.05) is 26.2 Å². The lowest BCUT2D eigenvalue weighted by Crippen LogP contribution is -2.47. The average molecular weight is 327 g/mol. The molecule has 0 radical (unpaired) electrons. The molecule has 3 rings (SSSR count). The highest BCUT2D eigenvalue weighted by molar-refractivity contribution is 5.57. The van der Waals surface area contributed by atoms with Crippen LogP contribution in [-0.4, -0.2) is 51.4 Å². The topological polar surface area (TPSA) is 95.0 Å². The summed E-state index contributed by atoms with van der Waals surface area (Å²) in [6.45, 7) is 10.9. The van der Waals surface area contributed by atoms with Crippen molar-refractivity contribution in [2.75, 3.05) is 31.1 Å². The molecule has 1 aliphatic rings. The molecule has 8 nitrogen and oxygen atoms in total. The van der Waals surface area contributed by atoms with Gasteiger partial charge in [0.1, 0.15) is 11.6 Å². The minimum absolute atomic E-state index is 0.0784. The van der Waals surface area contributed by atoms with E-state index in [1.165, 1.54) is 0 Å². The van der Waals surface area contributed by atoms with E-state index in [4.69, 9.17) is 4.52 Å². The predicted molar refractivity (Wildman–Crippen MR) is 87.5 cm³/mol. The van der Waals surface area contributed by atoms with E-state index in [0.29, 0.717) is 23.1 Å². The molecule has 0 aromatic carbocycles. The van der Waals surface area contributed by atoms with Crippen LogP contribution in [0.3, 0.4) is 0 Å². The quantitative estimate of drug-likeness (QED) is 0.838. The highest BCUT2D eigenvalue weighted by atomic mass is 16.5. The van der Waals surface area contributed by atoms with Crippen LogP contribution in [-0.2, 0) is 0 Å². The molecule has 1 aliphatic heterocycles. The third-order valence-electron chi connectivity index (χ3n) is 4.61. The van der Waals surface area contributed by atoms with Crippen LogP contribution in [0.2, 0.25) is 0 Å². The average Bonchev–Trinajstić information content (AvgIpc) is 3.03. The van der Waals surface area contributed by atoms with E-state index < -0.39 is 0 Å². The minimum atomic E-state index is 0.0784. The van der Waals surface area contributed by atoms with E-state index in [1.54, 1.807) is 0 Å². The highest BCUT2D eigenvalue weighted by Gasteiger charge is 2.27. The first-order valence-corrected chi connectivity index (χ1v) is 8.04. The molecular formula is C16H21N7O. The maximum absolute atomic E-state index is 9.46. The second-order valence-corrected chi connectivity index (χ2v) is 6.10. The molecule has 1 fully saturated rings. The van der Waals surface area contributed by atoms with E-state index in [9.17, 15) is 5.26 Å². The molecule has 24 heavy (non-hydrogen) atoms. The number of anilines is 1. The van der Waals surface area contributed by atoms with Crippen molar-refractivity contribution in [3.63, 3.8) is 0 Å². The van der Waals surface area contributed by atoms with E-state index in [0.717, 1.165) is 37.4 Å². The van der Waals surface area contributed by atoms with Gasteiger partial charge in [0.25, 0.3) is 0 Å². The van der Waals surface area contributed by atoms with Gasteiger partial charge in [-0.1, -0.05) is 5.16 Å². The fraction of sp³-hybridized carbons (Fsp3) is 0.562. The van der Waals surface area contributed by atoms with Crippen LogP contribution in [0.5, 0.6) is 0 Å². The first-order chi connectivity index (χ1) is 11.5. The zero-order valence-electron chi connectivity index (χ0n) is 14.4. The molecule has 1 saturated heterocycles. The lowest BCUT2D eigenvalue weighted by molar-refractivity contribution is 0.164. The van der Waals surface area contributed by atoms with E-state index >= 15 is 0 Å². The number of piperazine rings is 1. The van der Waals surface area contributed by atoms with Crippen LogP contribution in [0.25, 0.3) is 0 Å². The SMILES string of the molecule is Cc1noc(C(C)N2CCN(c3nnc(C)c(C)c3C#N)CC2)n1. The fourth-order valence-electron chi connectivity index (χ4n) is 2.91. The number of aromatic nitrogens is 4. The van der Waals surface area contributed by atoms with Gasteiger partial charge in [-0.2, -0.15) is 15.3 Å². The van der Waals surface area contributed by atoms with Gasteiger partial charge in [0.05, 0.1) is 11.7 Å². The first kappa shape index (κ1) is 16.3. The van der Waals surface area contributed by atoms with Crippen molar-refractivity contribution in [1.82, 2.24) is 25.2 Å². The van der Waals surface area contributed by atoms with Crippen molar-refractivity contribution < 1.29 is 4.52 Å². The van der Waals surface area contributed by atoms with Gasteiger partial charge in [-0.3, -0.25) is 4.90 Å². The lowest BCUT2D eigenvalue weighted by Gasteiger charge is -2.37. The predicted octanol–water partition coefficient (Wildman–Crippen LogP) is 1.54. The molecule has 3 heterocycles. The van der Waals surface area contributed by atoms with Crippen LogP contribution < -0.4 is 4.90 Å². The van der Waals surface area contributed by atoms with E-state index in [1.807, 2.05) is 20.8 Å². The maximum atomic E-state index is 9.46. The second-order valence-electron chi connectivity index (χ2n) is 6.10. The third-order valence-corrected chi connectivity index (χ3v) is 4.61. The molecule has 0 bridgehead atoms. The molecule has 0 saturated carbocycles. The Hall–Kier alpha value is -2.53. The molecule has 0 spiro atoms. The van der Waals surface area contributed by atoms with Crippen molar-refractivity contribution in [3.8, 4) is 6.07 Å². The van der Waals surface area contributed by atoms with Crippen LogP contribution >= 0.6 is 0 Å². The summed E-state index contributed by atoms with van der Waals surface area (Å²) in [5.41, 5.74) is 2.32. The molecular weight excluding hydrogens is 306 g/mol. The highest BCUT2D eigenvalue weighted by Crippen LogP contribution is 2.25. The van der Waals surface area contributed by atoms with E-state index in [-0.39, 0.29) is 6.04 Å². The number of hydrogen-bond donors (Lipinski definition) is 0. The van der Waals surface area contributed by atoms with Gasteiger partial charge in [0.2, 0.25) is 5.89 Å². The number of nitrogens with zero attached hydrogens (tertiary/aromatic N) is 7. The molecule has 0 amide bonds. The Morgan fingerprint density at radius 2 is 1.83 bits per heavy atom. The van der Waals surface area contributed by atoms with Gasteiger partial charge in [-0.05, 0) is 33.3 Å². The van der Waals surface area contributed by atoms with Gasteiger partial charge in [-0.25, -0.2) is 0 Å². The largest absolute Gasteiger partial charge is 0.351 e. The Bertz CT molecular complexity index is 771. The molecule has 126 valence electrons.